The maximum Gasteiger partial charge on any atom is 0.140 e. The number of halogens is 2. The molecule has 3 N–H and O–H groups in total. The maximum atomic E-state index is 5.53. The predicted molar refractivity (Wildman–Crippen MR) is 86.2 cm³/mol. The first-order valence-corrected chi connectivity index (χ1v) is 7.60. The number of hydrogen-bond acceptors (Lipinski definition) is 3. The molecule has 0 spiro atoms. The quantitative estimate of drug-likeness (QED) is 0.825. The molecule has 1 aromatic heterocycles. The number of rotatable bonds is 5. The smallest absolute Gasteiger partial charge is 0.140 e. The Morgan fingerprint density at radius 2 is 1.79 bits per heavy atom. The van der Waals surface area contributed by atoms with Crippen molar-refractivity contribution in [1.82, 2.24) is 4.98 Å². The molecule has 1 aromatic carbocycles. The number of anilines is 1. The zero-order valence-corrected chi connectivity index (χ0v) is 13.5. The molecule has 0 radical (unpaired) electrons. The summed E-state index contributed by atoms with van der Waals surface area (Å²) >= 11 is 6.87. The number of nitrogens with zero attached hydrogens (tertiary/aromatic N) is 1. The SMILES string of the molecule is NCCc1ccc(CNc2ncc(Br)cc2Br)cc1. The second kappa shape index (κ2) is 7.03. The highest BCUT2D eigenvalue weighted by atomic mass is 79.9. The van der Waals surface area contributed by atoms with E-state index in [9.17, 15) is 0 Å². The van der Waals surface area contributed by atoms with Crippen LogP contribution in [0.15, 0.2) is 45.5 Å². The summed E-state index contributed by atoms with van der Waals surface area (Å²) in [5, 5.41) is 3.30. The van der Waals surface area contributed by atoms with Gasteiger partial charge in [-0.25, -0.2) is 4.98 Å². The average molecular weight is 385 g/mol. The number of pyridine rings is 1. The molecule has 100 valence electrons. The second-order valence-corrected chi connectivity index (χ2v) is 5.96. The fourth-order valence-electron chi connectivity index (χ4n) is 1.72. The number of benzene rings is 1. The fraction of sp³-hybridized carbons (Fsp3) is 0.214. The van der Waals surface area contributed by atoms with Gasteiger partial charge < -0.3 is 11.1 Å². The van der Waals surface area contributed by atoms with Crippen LogP contribution in [-0.2, 0) is 13.0 Å². The van der Waals surface area contributed by atoms with E-state index in [1.807, 2.05) is 6.07 Å². The zero-order valence-electron chi connectivity index (χ0n) is 10.4. The molecule has 0 unspecified atom stereocenters. The number of nitrogens with one attached hydrogen (secondary N) is 1. The van der Waals surface area contributed by atoms with Crippen LogP contribution in [0.3, 0.4) is 0 Å². The summed E-state index contributed by atoms with van der Waals surface area (Å²) in [5.41, 5.74) is 8.02. The summed E-state index contributed by atoms with van der Waals surface area (Å²) in [6.07, 6.45) is 2.70. The molecular weight excluding hydrogens is 370 g/mol. The molecule has 0 saturated carbocycles. The number of nitrogens with two attached hydrogens (primary N) is 1. The number of aromatic nitrogens is 1. The van der Waals surface area contributed by atoms with Crippen molar-refractivity contribution in [2.45, 2.75) is 13.0 Å². The summed E-state index contributed by atoms with van der Waals surface area (Å²) in [6.45, 7) is 1.43. The van der Waals surface area contributed by atoms with Gasteiger partial charge in [0.25, 0.3) is 0 Å². The van der Waals surface area contributed by atoms with Crippen LogP contribution in [0.5, 0.6) is 0 Å². The Kier molecular flexibility index (Phi) is 5.36. The minimum absolute atomic E-state index is 0.688. The van der Waals surface area contributed by atoms with Gasteiger partial charge in [-0.05, 0) is 62.0 Å². The summed E-state index contributed by atoms with van der Waals surface area (Å²) in [5.74, 6) is 0.842. The largest absolute Gasteiger partial charge is 0.365 e. The monoisotopic (exact) mass is 383 g/mol. The van der Waals surface area contributed by atoms with Crippen molar-refractivity contribution in [1.29, 1.82) is 0 Å². The summed E-state index contributed by atoms with van der Waals surface area (Å²) in [7, 11) is 0. The van der Waals surface area contributed by atoms with Crippen LogP contribution in [0.25, 0.3) is 0 Å². The van der Waals surface area contributed by atoms with Gasteiger partial charge in [-0.3, -0.25) is 0 Å². The molecular formula is C14H15Br2N3. The summed E-state index contributed by atoms with van der Waals surface area (Å²) in [6, 6.07) is 10.4. The van der Waals surface area contributed by atoms with Crippen molar-refractivity contribution < 1.29 is 0 Å². The Morgan fingerprint density at radius 3 is 2.42 bits per heavy atom. The minimum Gasteiger partial charge on any atom is -0.365 e. The lowest BCUT2D eigenvalue weighted by Crippen LogP contribution is -2.04. The van der Waals surface area contributed by atoms with Gasteiger partial charge in [0.2, 0.25) is 0 Å². The predicted octanol–water partition coefficient (Wildman–Crippen LogP) is 3.72. The third-order valence-electron chi connectivity index (χ3n) is 2.72. The van der Waals surface area contributed by atoms with Crippen LogP contribution >= 0.6 is 31.9 Å². The Balaban J connectivity index is 1.98. The second-order valence-electron chi connectivity index (χ2n) is 4.19. The average Bonchev–Trinajstić information content (AvgIpc) is 2.40. The van der Waals surface area contributed by atoms with Crippen LogP contribution in [0.1, 0.15) is 11.1 Å². The van der Waals surface area contributed by atoms with Gasteiger partial charge in [-0.1, -0.05) is 24.3 Å². The van der Waals surface area contributed by atoms with E-state index in [1.54, 1.807) is 6.20 Å². The van der Waals surface area contributed by atoms with Gasteiger partial charge in [0.15, 0.2) is 0 Å². The normalized spacial score (nSPS) is 10.5. The molecule has 5 heteroatoms. The molecule has 19 heavy (non-hydrogen) atoms. The Bertz CT molecular complexity index is 541. The van der Waals surface area contributed by atoms with Crippen molar-refractivity contribution in [3.05, 3.63) is 56.6 Å². The molecule has 0 aliphatic carbocycles. The van der Waals surface area contributed by atoms with Gasteiger partial charge >= 0.3 is 0 Å². The highest BCUT2D eigenvalue weighted by molar-refractivity contribution is 9.11. The molecule has 0 bridgehead atoms. The van der Waals surface area contributed by atoms with Gasteiger partial charge in [0, 0.05) is 17.2 Å². The highest BCUT2D eigenvalue weighted by Gasteiger charge is 2.02. The first-order valence-electron chi connectivity index (χ1n) is 6.02. The fourth-order valence-corrected chi connectivity index (χ4v) is 2.85. The van der Waals surface area contributed by atoms with E-state index in [1.165, 1.54) is 11.1 Å². The van der Waals surface area contributed by atoms with E-state index in [0.717, 1.165) is 27.7 Å². The Morgan fingerprint density at radius 1 is 1.11 bits per heavy atom. The van der Waals surface area contributed by atoms with Gasteiger partial charge in [0.05, 0.1) is 4.47 Å². The third kappa shape index (κ3) is 4.30. The van der Waals surface area contributed by atoms with Crippen LogP contribution in [0.4, 0.5) is 5.82 Å². The van der Waals surface area contributed by atoms with Gasteiger partial charge in [-0.15, -0.1) is 0 Å². The Labute approximate surface area is 129 Å². The number of hydrogen-bond donors (Lipinski definition) is 2. The van der Waals surface area contributed by atoms with Gasteiger partial charge in [0.1, 0.15) is 5.82 Å². The molecule has 1 heterocycles. The van der Waals surface area contributed by atoms with E-state index >= 15 is 0 Å². The summed E-state index contributed by atoms with van der Waals surface area (Å²) < 4.78 is 1.90. The first kappa shape index (κ1) is 14.5. The van der Waals surface area contributed by atoms with Crippen molar-refractivity contribution in [2.24, 2.45) is 5.73 Å². The van der Waals surface area contributed by atoms with E-state index in [-0.39, 0.29) is 0 Å². The highest BCUT2D eigenvalue weighted by Crippen LogP contribution is 2.23. The van der Waals surface area contributed by atoms with Crippen molar-refractivity contribution >= 4 is 37.7 Å². The molecule has 0 saturated heterocycles. The van der Waals surface area contributed by atoms with E-state index in [4.69, 9.17) is 5.73 Å². The molecule has 2 rings (SSSR count). The van der Waals surface area contributed by atoms with Crippen molar-refractivity contribution in [2.75, 3.05) is 11.9 Å². The molecule has 0 fully saturated rings. The van der Waals surface area contributed by atoms with Crippen molar-refractivity contribution in [3.8, 4) is 0 Å². The standard InChI is InChI=1S/C14H15Br2N3/c15-12-7-13(16)14(19-9-12)18-8-11-3-1-10(2-4-11)5-6-17/h1-4,7,9H,5-6,8,17H2,(H,18,19). The molecule has 0 amide bonds. The maximum absolute atomic E-state index is 5.53. The lowest BCUT2D eigenvalue weighted by molar-refractivity contribution is 0.965. The van der Waals surface area contributed by atoms with E-state index in [0.29, 0.717) is 6.54 Å². The zero-order chi connectivity index (χ0) is 13.7. The molecule has 3 nitrogen and oxygen atoms in total. The van der Waals surface area contributed by atoms with E-state index < -0.39 is 0 Å². The van der Waals surface area contributed by atoms with Crippen LogP contribution < -0.4 is 11.1 Å². The van der Waals surface area contributed by atoms with E-state index in [2.05, 4.69) is 66.4 Å². The summed E-state index contributed by atoms with van der Waals surface area (Å²) in [4.78, 5) is 4.32. The third-order valence-corrected chi connectivity index (χ3v) is 3.76. The van der Waals surface area contributed by atoms with Gasteiger partial charge in [-0.2, -0.15) is 0 Å². The molecule has 0 atom stereocenters. The van der Waals surface area contributed by atoms with Crippen LogP contribution in [0.2, 0.25) is 0 Å². The lowest BCUT2D eigenvalue weighted by atomic mass is 10.1. The minimum atomic E-state index is 0.688. The lowest BCUT2D eigenvalue weighted by Gasteiger charge is -2.08. The molecule has 0 aliphatic rings. The Hall–Kier alpha value is -0.910. The first-order chi connectivity index (χ1) is 9.19. The van der Waals surface area contributed by atoms with Crippen LogP contribution in [-0.4, -0.2) is 11.5 Å². The van der Waals surface area contributed by atoms with Crippen LogP contribution in [0, 0.1) is 0 Å². The topological polar surface area (TPSA) is 50.9 Å². The van der Waals surface area contributed by atoms with Crippen molar-refractivity contribution in [3.63, 3.8) is 0 Å². The molecule has 2 aromatic rings. The molecule has 0 aliphatic heterocycles.